The van der Waals surface area contributed by atoms with Crippen molar-refractivity contribution in [3.8, 4) is 22.6 Å². The van der Waals surface area contributed by atoms with Gasteiger partial charge >= 0.3 is 11.9 Å². The van der Waals surface area contributed by atoms with Crippen LogP contribution in [0.5, 0.6) is 11.5 Å². The zero-order valence-electron chi connectivity index (χ0n) is 34.4. The van der Waals surface area contributed by atoms with Crippen molar-refractivity contribution in [2.45, 2.75) is 29.8 Å². The largest absolute Gasteiger partial charge is 0.493 e. The van der Waals surface area contributed by atoms with Gasteiger partial charge in [-0.15, -0.1) is 0 Å². The highest BCUT2D eigenvalue weighted by Crippen LogP contribution is 2.42. The number of nitrogens with zero attached hydrogens (tertiary/aromatic N) is 5. The summed E-state index contributed by atoms with van der Waals surface area (Å²) in [6, 6.07) is 38.3. The maximum absolute atomic E-state index is 16.3. The zero-order valence-corrected chi connectivity index (χ0v) is 35.2. The van der Waals surface area contributed by atoms with Gasteiger partial charge in [-0.3, -0.25) is 13.9 Å². The Kier molecular flexibility index (Phi) is 11.4. The molecule has 1 N–H and O–H groups in total. The molecule has 0 saturated heterocycles. The SMILES string of the molecule is COc1cc(-c2cc(C(F)(F)F)cc3c2n(C)c(=O)n3CC(=O)Nc2ccc(S(C)(=O)=O)cc2)cc(F)c1OCc1ncn(C(c2ccccc2)(c2ccccc2)c2ccccc2)n1. The number of hydrogen-bond donors (Lipinski definition) is 1. The first-order valence-electron chi connectivity index (χ1n) is 19.6. The average Bonchev–Trinajstić information content (AvgIpc) is 3.85. The molecule has 2 aromatic heterocycles. The lowest BCUT2D eigenvalue weighted by Crippen LogP contribution is -2.38. The lowest BCUT2D eigenvalue weighted by atomic mass is 9.77. The third kappa shape index (κ3) is 8.12. The van der Waals surface area contributed by atoms with Crippen molar-refractivity contribution in [3.63, 3.8) is 0 Å². The van der Waals surface area contributed by atoms with Gasteiger partial charge in [-0.05, 0) is 70.8 Å². The van der Waals surface area contributed by atoms with Crippen LogP contribution in [-0.4, -0.2) is 51.6 Å². The van der Waals surface area contributed by atoms with Crippen molar-refractivity contribution in [1.82, 2.24) is 23.9 Å². The summed E-state index contributed by atoms with van der Waals surface area (Å²) in [6.07, 6.45) is -2.32. The highest BCUT2D eigenvalue weighted by molar-refractivity contribution is 7.90. The number of imidazole rings is 1. The quantitative estimate of drug-likeness (QED) is 0.0903. The number of rotatable bonds is 13. The Morgan fingerprint density at radius 3 is 1.91 bits per heavy atom. The molecule has 0 atom stereocenters. The van der Waals surface area contributed by atoms with Gasteiger partial charge in [0.2, 0.25) is 5.91 Å². The number of benzene rings is 6. The zero-order chi connectivity index (χ0) is 45.4. The third-order valence-electron chi connectivity index (χ3n) is 10.8. The Morgan fingerprint density at radius 2 is 1.38 bits per heavy atom. The van der Waals surface area contributed by atoms with E-state index in [-0.39, 0.29) is 56.7 Å². The number of methoxy groups -OCH3 is 1. The fourth-order valence-corrected chi connectivity index (χ4v) is 8.47. The van der Waals surface area contributed by atoms with E-state index in [0.717, 1.165) is 50.3 Å². The summed E-state index contributed by atoms with van der Waals surface area (Å²) >= 11 is 0. The lowest BCUT2D eigenvalue weighted by molar-refractivity contribution is -0.137. The standard InChI is InChI=1S/C47H38F4N6O6S/c1-55-43-37(25-34(47(49,50)51)26-39(43)56(45(55)59)27-42(58)53-35-19-21-36(22-20-35)64(3,60)61)30-23-38(48)44(40(24-30)62-2)63-28-41-52-29-57(54-41)46(31-13-7-4-8-14-31,32-15-9-5-10-16-32)33-17-11-6-12-18-33/h4-26,29H,27-28H2,1-3H3,(H,53,58). The third-order valence-corrected chi connectivity index (χ3v) is 11.9. The topological polar surface area (TPSA) is 139 Å². The number of aryl methyl sites for hydroxylation is 1. The van der Waals surface area contributed by atoms with E-state index < -0.39 is 51.1 Å². The van der Waals surface area contributed by atoms with Crippen LogP contribution in [0.4, 0.5) is 23.2 Å². The number of aromatic nitrogens is 5. The summed E-state index contributed by atoms with van der Waals surface area (Å²) in [4.78, 5) is 31.3. The molecule has 0 saturated carbocycles. The number of ether oxygens (including phenoxy) is 2. The molecule has 8 rings (SSSR count). The van der Waals surface area contributed by atoms with Gasteiger partial charge in [0, 0.05) is 24.6 Å². The Balaban J connectivity index is 1.13. The van der Waals surface area contributed by atoms with E-state index in [2.05, 4.69) is 10.3 Å². The molecule has 0 unspecified atom stereocenters. The number of alkyl halides is 3. The van der Waals surface area contributed by atoms with E-state index in [1.54, 1.807) is 11.0 Å². The van der Waals surface area contributed by atoms with Gasteiger partial charge in [-0.25, -0.2) is 27.3 Å². The molecule has 0 spiro atoms. The first-order chi connectivity index (χ1) is 30.6. The smallest absolute Gasteiger partial charge is 0.416 e. The fraction of sp³-hybridized carbons (Fsp3) is 0.149. The van der Waals surface area contributed by atoms with Gasteiger partial charge in [0.1, 0.15) is 25.0 Å². The Hall–Kier alpha value is -7.53. The maximum atomic E-state index is 16.3. The Morgan fingerprint density at radius 1 is 0.797 bits per heavy atom. The summed E-state index contributed by atoms with van der Waals surface area (Å²) < 4.78 is 98.6. The highest BCUT2D eigenvalue weighted by atomic mass is 32.2. The van der Waals surface area contributed by atoms with Crippen LogP contribution in [0.25, 0.3) is 22.2 Å². The number of carbonyl (C=O) groups excluding carboxylic acids is 1. The molecule has 6 aromatic carbocycles. The van der Waals surface area contributed by atoms with Crippen LogP contribution in [-0.2, 0) is 46.5 Å². The minimum atomic E-state index is -4.91. The number of carbonyl (C=O) groups is 1. The molecule has 0 aliphatic heterocycles. The molecule has 1 amide bonds. The van der Waals surface area contributed by atoms with Crippen LogP contribution < -0.4 is 20.5 Å². The molecule has 8 aromatic rings. The van der Waals surface area contributed by atoms with Crippen molar-refractivity contribution < 1.29 is 40.2 Å². The van der Waals surface area contributed by atoms with Crippen molar-refractivity contribution in [2.24, 2.45) is 7.05 Å². The van der Waals surface area contributed by atoms with Gasteiger partial charge < -0.3 is 14.8 Å². The van der Waals surface area contributed by atoms with Crippen LogP contribution in [0.3, 0.4) is 0 Å². The average molecular weight is 891 g/mol. The minimum Gasteiger partial charge on any atom is -0.493 e. The van der Waals surface area contributed by atoms with E-state index in [1.807, 2.05) is 91.0 Å². The Labute approximate surface area is 363 Å². The second kappa shape index (κ2) is 17.0. The first kappa shape index (κ1) is 43.1. The first-order valence-corrected chi connectivity index (χ1v) is 21.5. The normalized spacial score (nSPS) is 12.0. The fourth-order valence-electron chi connectivity index (χ4n) is 7.84. The highest BCUT2D eigenvalue weighted by Gasteiger charge is 2.40. The molecule has 0 aliphatic rings. The molecule has 0 aliphatic carbocycles. The predicted octanol–water partition coefficient (Wildman–Crippen LogP) is 8.23. The van der Waals surface area contributed by atoms with Gasteiger partial charge in [0.25, 0.3) is 0 Å². The molecule has 17 heteroatoms. The summed E-state index contributed by atoms with van der Waals surface area (Å²) in [5, 5.41) is 7.38. The minimum absolute atomic E-state index is 0.00753. The van der Waals surface area contributed by atoms with Crippen LogP contribution in [0.1, 0.15) is 28.1 Å². The number of sulfone groups is 1. The summed E-state index contributed by atoms with van der Waals surface area (Å²) in [5.74, 6) is -2.11. The monoisotopic (exact) mass is 890 g/mol. The van der Waals surface area contributed by atoms with E-state index in [1.165, 1.54) is 44.5 Å². The lowest BCUT2D eigenvalue weighted by Gasteiger charge is -2.35. The molecule has 326 valence electrons. The number of halogens is 4. The van der Waals surface area contributed by atoms with Crippen molar-refractivity contribution in [2.75, 3.05) is 18.7 Å². The van der Waals surface area contributed by atoms with Crippen LogP contribution in [0.15, 0.2) is 156 Å². The van der Waals surface area contributed by atoms with Crippen LogP contribution >= 0.6 is 0 Å². The van der Waals surface area contributed by atoms with Gasteiger partial charge in [0.15, 0.2) is 33.0 Å². The van der Waals surface area contributed by atoms with Gasteiger partial charge in [0.05, 0.1) is 28.6 Å². The van der Waals surface area contributed by atoms with Gasteiger partial charge in [-0.1, -0.05) is 91.0 Å². The van der Waals surface area contributed by atoms with E-state index >= 15 is 4.39 Å². The van der Waals surface area contributed by atoms with Crippen molar-refractivity contribution >= 4 is 32.5 Å². The molecule has 0 bridgehead atoms. The maximum Gasteiger partial charge on any atom is 0.416 e. The second-order valence-electron chi connectivity index (χ2n) is 14.9. The van der Waals surface area contributed by atoms with Crippen molar-refractivity contribution in [3.05, 3.63) is 190 Å². The van der Waals surface area contributed by atoms with Crippen LogP contribution in [0.2, 0.25) is 0 Å². The van der Waals surface area contributed by atoms with Gasteiger partial charge in [-0.2, -0.15) is 18.3 Å². The molecular weight excluding hydrogens is 853 g/mol. The van der Waals surface area contributed by atoms with Crippen molar-refractivity contribution in [1.29, 1.82) is 0 Å². The van der Waals surface area contributed by atoms with E-state index in [4.69, 9.17) is 14.6 Å². The molecule has 2 heterocycles. The summed E-state index contributed by atoms with van der Waals surface area (Å²) in [5.41, 5.74) is -0.623. The molecule has 0 radical (unpaired) electrons. The number of hydrogen-bond acceptors (Lipinski definition) is 8. The summed E-state index contributed by atoms with van der Waals surface area (Å²) in [6.45, 7) is -1.04. The summed E-state index contributed by atoms with van der Waals surface area (Å²) in [7, 11) is -0.955. The van der Waals surface area contributed by atoms with E-state index in [0.29, 0.717) is 0 Å². The molecule has 12 nitrogen and oxygen atoms in total. The van der Waals surface area contributed by atoms with Crippen LogP contribution in [0, 0.1) is 5.82 Å². The molecular formula is C47H38F4N6O6S. The Bertz CT molecular complexity index is 3080. The molecule has 0 fully saturated rings. The predicted molar refractivity (Wildman–Crippen MR) is 231 cm³/mol. The second-order valence-corrected chi connectivity index (χ2v) is 16.9. The molecule has 64 heavy (non-hydrogen) atoms. The number of amides is 1. The number of fused-ring (bicyclic) bond motifs is 1. The number of anilines is 1. The number of nitrogens with one attached hydrogen (secondary N) is 1. The van der Waals surface area contributed by atoms with E-state index in [9.17, 15) is 31.2 Å².